The Kier molecular flexibility index (Phi) is 7.71. The van der Waals surface area contributed by atoms with E-state index in [1.165, 1.54) is 11.8 Å². The van der Waals surface area contributed by atoms with E-state index in [0.29, 0.717) is 17.3 Å². The van der Waals surface area contributed by atoms with E-state index in [1.54, 1.807) is 0 Å². The van der Waals surface area contributed by atoms with E-state index in [-0.39, 0.29) is 23.9 Å². The summed E-state index contributed by atoms with van der Waals surface area (Å²) in [6.45, 7) is 4.20. The van der Waals surface area contributed by atoms with Crippen LogP contribution in [-0.2, 0) is 4.79 Å². The van der Waals surface area contributed by atoms with Gasteiger partial charge in [0.2, 0.25) is 5.91 Å². The highest BCUT2D eigenvalue weighted by Crippen LogP contribution is 2.26. The summed E-state index contributed by atoms with van der Waals surface area (Å²) >= 11 is 7.42. The molecule has 0 fully saturated rings. The Balaban J connectivity index is 0.00000289. The number of hydrogen-bond acceptors (Lipinski definition) is 3. The molecule has 1 rings (SSSR count). The normalized spacial score (nSPS) is 10.7. The lowest BCUT2D eigenvalue weighted by atomic mass is 10.1. The molecule has 1 aromatic carbocycles. The Morgan fingerprint density at radius 2 is 2.06 bits per heavy atom. The van der Waals surface area contributed by atoms with Crippen molar-refractivity contribution >= 4 is 41.7 Å². The van der Waals surface area contributed by atoms with Crippen LogP contribution in [0.4, 0.5) is 0 Å². The number of benzene rings is 1. The van der Waals surface area contributed by atoms with Gasteiger partial charge in [-0.2, -0.15) is 0 Å². The molecule has 0 aliphatic carbocycles. The minimum absolute atomic E-state index is 0. The van der Waals surface area contributed by atoms with Crippen molar-refractivity contribution in [1.82, 2.24) is 5.32 Å². The molecular weight excluding hydrogens is 291 g/mol. The largest absolute Gasteiger partial charge is 0.349 e. The first-order valence-electron chi connectivity index (χ1n) is 5.33. The second-order valence-electron chi connectivity index (χ2n) is 4.36. The molecule has 0 aliphatic heterocycles. The van der Waals surface area contributed by atoms with Crippen molar-refractivity contribution < 1.29 is 4.79 Å². The minimum Gasteiger partial charge on any atom is -0.349 e. The maximum atomic E-state index is 11.7. The van der Waals surface area contributed by atoms with Gasteiger partial charge in [-0.3, -0.25) is 4.79 Å². The molecule has 0 saturated heterocycles. The number of nitrogens with two attached hydrogens (primary N) is 1. The highest BCUT2D eigenvalue weighted by atomic mass is 35.5. The molecule has 3 N–H and O–H groups in total. The molecule has 0 atom stereocenters. The first-order valence-corrected chi connectivity index (χ1v) is 6.69. The zero-order valence-electron chi connectivity index (χ0n) is 10.4. The van der Waals surface area contributed by atoms with Gasteiger partial charge >= 0.3 is 0 Å². The zero-order chi connectivity index (χ0) is 12.9. The number of halogens is 2. The van der Waals surface area contributed by atoms with Crippen LogP contribution in [0.5, 0.6) is 0 Å². The molecule has 1 amide bonds. The lowest BCUT2D eigenvalue weighted by molar-refractivity contribution is -0.120. The van der Waals surface area contributed by atoms with Gasteiger partial charge in [0.25, 0.3) is 0 Å². The number of nitrogens with one attached hydrogen (secondary N) is 1. The Morgan fingerprint density at radius 1 is 1.44 bits per heavy atom. The molecule has 3 nitrogen and oxygen atoms in total. The third-order valence-corrected chi connectivity index (χ3v) is 3.70. The first-order chi connectivity index (χ1) is 7.94. The Morgan fingerprint density at radius 3 is 2.61 bits per heavy atom. The predicted octanol–water partition coefficient (Wildman–Crippen LogP) is 2.71. The van der Waals surface area contributed by atoms with E-state index in [9.17, 15) is 4.79 Å². The van der Waals surface area contributed by atoms with Crippen molar-refractivity contribution in [3.8, 4) is 0 Å². The molecule has 0 saturated carbocycles. The summed E-state index contributed by atoms with van der Waals surface area (Å²) in [5.41, 5.74) is 5.18. The molecule has 102 valence electrons. The van der Waals surface area contributed by atoms with Crippen molar-refractivity contribution in [2.45, 2.75) is 24.3 Å². The lowest BCUT2D eigenvalue weighted by Crippen LogP contribution is -2.49. The third-order valence-electron chi connectivity index (χ3n) is 2.18. The summed E-state index contributed by atoms with van der Waals surface area (Å²) < 4.78 is 0. The summed E-state index contributed by atoms with van der Waals surface area (Å²) in [6.07, 6.45) is 0. The van der Waals surface area contributed by atoms with Crippen molar-refractivity contribution in [1.29, 1.82) is 0 Å². The van der Waals surface area contributed by atoms with Crippen molar-refractivity contribution in [2.24, 2.45) is 5.73 Å². The van der Waals surface area contributed by atoms with Gasteiger partial charge in [0, 0.05) is 17.0 Å². The molecule has 0 spiro atoms. The van der Waals surface area contributed by atoms with Crippen LogP contribution in [0.15, 0.2) is 29.2 Å². The van der Waals surface area contributed by atoms with Crippen LogP contribution in [0.1, 0.15) is 13.8 Å². The molecular formula is C12H18Cl2N2OS. The molecule has 0 unspecified atom stereocenters. The van der Waals surface area contributed by atoms with Gasteiger partial charge in [-0.15, -0.1) is 24.2 Å². The SMILES string of the molecule is CC(C)(CN)NC(=O)CSc1ccccc1Cl.Cl. The van der Waals surface area contributed by atoms with Crippen LogP contribution in [0.2, 0.25) is 5.02 Å². The van der Waals surface area contributed by atoms with Gasteiger partial charge in [0.05, 0.1) is 10.8 Å². The topological polar surface area (TPSA) is 55.1 Å². The average molecular weight is 309 g/mol. The Labute approximate surface area is 123 Å². The number of rotatable bonds is 5. The lowest BCUT2D eigenvalue weighted by Gasteiger charge is -2.24. The van der Waals surface area contributed by atoms with E-state index in [1.807, 2.05) is 38.1 Å². The third kappa shape index (κ3) is 5.96. The van der Waals surface area contributed by atoms with Gasteiger partial charge < -0.3 is 11.1 Å². The van der Waals surface area contributed by atoms with Crippen molar-refractivity contribution in [2.75, 3.05) is 12.3 Å². The van der Waals surface area contributed by atoms with Crippen molar-refractivity contribution in [3.05, 3.63) is 29.3 Å². The van der Waals surface area contributed by atoms with Crippen LogP contribution in [0, 0.1) is 0 Å². The highest BCUT2D eigenvalue weighted by Gasteiger charge is 2.18. The van der Waals surface area contributed by atoms with Gasteiger partial charge in [0.1, 0.15) is 0 Å². The molecule has 6 heteroatoms. The van der Waals surface area contributed by atoms with E-state index < -0.39 is 0 Å². The summed E-state index contributed by atoms with van der Waals surface area (Å²) in [5, 5.41) is 3.54. The second-order valence-corrected chi connectivity index (χ2v) is 5.78. The van der Waals surface area contributed by atoms with E-state index in [4.69, 9.17) is 17.3 Å². The van der Waals surface area contributed by atoms with E-state index in [0.717, 1.165) is 4.90 Å². The van der Waals surface area contributed by atoms with Crippen LogP contribution >= 0.6 is 35.8 Å². The smallest absolute Gasteiger partial charge is 0.230 e. The first kappa shape index (κ1) is 17.6. The van der Waals surface area contributed by atoms with Crippen molar-refractivity contribution in [3.63, 3.8) is 0 Å². The summed E-state index contributed by atoms with van der Waals surface area (Å²) in [7, 11) is 0. The molecule has 18 heavy (non-hydrogen) atoms. The predicted molar refractivity (Wildman–Crippen MR) is 80.7 cm³/mol. The summed E-state index contributed by atoms with van der Waals surface area (Å²) in [6, 6.07) is 7.47. The van der Waals surface area contributed by atoms with E-state index in [2.05, 4.69) is 5.32 Å². The maximum absolute atomic E-state index is 11.7. The molecule has 0 aromatic heterocycles. The fourth-order valence-electron chi connectivity index (χ4n) is 1.17. The van der Waals surface area contributed by atoms with E-state index >= 15 is 0 Å². The number of carbonyl (C=O) groups is 1. The molecule has 0 bridgehead atoms. The van der Waals surface area contributed by atoms with Gasteiger partial charge in [0.15, 0.2) is 0 Å². The van der Waals surface area contributed by atoms with Crippen LogP contribution in [0.25, 0.3) is 0 Å². The number of amides is 1. The number of carbonyl (C=O) groups excluding carboxylic acids is 1. The monoisotopic (exact) mass is 308 g/mol. The van der Waals surface area contributed by atoms with Crippen LogP contribution in [0.3, 0.4) is 0 Å². The molecule has 1 aromatic rings. The van der Waals surface area contributed by atoms with Gasteiger partial charge in [-0.25, -0.2) is 0 Å². The number of hydrogen-bond donors (Lipinski definition) is 2. The molecule has 0 heterocycles. The zero-order valence-corrected chi connectivity index (χ0v) is 12.8. The summed E-state index contributed by atoms with van der Waals surface area (Å²) in [5.74, 6) is 0.304. The Hall–Kier alpha value is -0.420. The van der Waals surface area contributed by atoms with Gasteiger partial charge in [-0.1, -0.05) is 23.7 Å². The molecule has 0 aliphatic rings. The Bertz CT molecular complexity index is 399. The quantitative estimate of drug-likeness (QED) is 0.822. The van der Waals surface area contributed by atoms with Crippen LogP contribution in [-0.4, -0.2) is 23.7 Å². The fourth-order valence-corrected chi connectivity index (χ4v) is 2.21. The second kappa shape index (κ2) is 7.89. The highest BCUT2D eigenvalue weighted by molar-refractivity contribution is 8.00. The molecule has 0 radical (unpaired) electrons. The standard InChI is InChI=1S/C12H17ClN2OS.ClH/c1-12(2,8-14)15-11(16)7-17-10-6-4-3-5-9(10)13;/h3-6H,7-8,14H2,1-2H3,(H,15,16);1H. The van der Waals surface area contributed by atoms with Crippen LogP contribution < -0.4 is 11.1 Å². The summed E-state index contributed by atoms with van der Waals surface area (Å²) in [4.78, 5) is 12.6. The number of thioether (sulfide) groups is 1. The average Bonchev–Trinajstić information content (AvgIpc) is 2.27. The fraction of sp³-hybridized carbons (Fsp3) is 0.417. The minimum atomic E-state index is -0.363. The maximum Gasteiger partial charge on any atom is 0.230 e. The van der Waals surface area contributed by atoms with Gasteiger partial charge in [-0.05, 0) is 26.0 Å².